The lowest BCUT2D eigenvalue weighted by Gasteiger charge is -2.14. The molecule has 0 aliphatic rings. The number of aromatic nitrogens is 3. The molecule has 2 aromatic carbocycles. The van der Waals surface area contributed by atoms with Crippen molar-refractivity contribution >= 4 is 22.6 Å². The summed E-state index contributed by atoms with van der Waals surface area (Å²) in [4.78, 5) is 25.6. The second kappa shape index (κ2) is 10.3. The minimum atomic E-state index is -1.12. The van der Waals surface area contributed by atoms with Gasteiger partial charge in [-0.1, -0.05) is 6.07 Å². The SMILES string of the molecule is COc1cnc2c(Oc3ccc(NC(=O)c4c(C)ncc(-c5ccc(F)c(F)c5)c4O)cc3F)ccnc2c1. The molecule has 0 radical (unpaired) electrons. The average Bonchev–Trinajstić information content (AvgIpc) is 2.91. The lowest BCUT2D eigenvalue weighted by atomic mass is 10.0. The van der Waals surface area contributed by atoms with Crippen LogP contribution >= 0.6 is 0 Å². The lowest BCUT2D eigenvalue weighted by molar-refractivity contribution is 0.102. The zero-order valence-electron chi connectivity index (χ0n) is 20.5. The second-order valence-electron chi connectivity index (χ2n) is 8.36. The average molecular weight is 532 g/mol. The van der Waals surface area contributed by atoms with Crippen LogP contribution in [0.3, 0.4) is 0 Å². The monoisotopic (exact) mass is 532 g/mol. The maximum absolute atomic E-state index is 15.0. The smallest absolute Gasteiger partial charge is 0.261 e. The van der Waals surface area contributed by atoms with Crippen LogP contribution in [0.25, 0.3) is 22.2 Å². The molecule has 5 rings (SSSR count). The molecule has 0 unspecified atom stereocenters. The minimum absolute atomic E-state index is 0.0235. The molecule has 1 amide bonds. The Kier molecular flexibility index (Phi) is 6.72. The summed E-state index contributed by atoms with van der Waals surface area (Å²) in [5.74, 6) is -3.58. The van der Waals surface area contributed by atoms with Crippen LogP contribution in [0.4, 0.5) is 18.9 Å². The highest BCUT2D eigenvalue weighted by molar-refractivity contribution is 6.08. The van der Waals surface area contributed by atoms with E-state index in [4.69, 9.17) is 9.47 Å². The summed E-state index contributed by atoms with van der Waals surface area (Å²) >= 11 is 0. The van der Waals surface area contributed by atoms with Crippen molar-refractivity contribution < 1.29 is 32.5 Å². The molecule has 3 aromatic heterocycles. The zero-order valence-corrected chi connectivity index (χ0v) is 20.5. The molecule has 2 N–H and O–H groups in total. The van der Waals surface area contributed by atoms with Crippen molar-refractivity contribution in [3.63, 3.8) is 0 Å². The predicted octanol–water partition coefficient (Wildman–Crippen LogP) is 6.18. The third-order valence-electron chi connectivity index (χ3n) is 5.86. The van der Waals surface area contributed by atoms with Crippen molar-refractivity contribution in [3.05, 3.63) is 95.8 Å². The molecule has 5 aromatic rings. The van der Waals surface area contributed by atoms with Crippen molar-refractivity contribution in [2.75, 3.05) is 12.4 Å². The van der Waals surface area contributed by atoms with E-state index in [0.717, 1.165) is 18.2 Å². The van der Waals surface area contributed by atoms with Crippen LogP contribution in [0.15, 0.2) is 67.1 Å². The molecule has 0 fully saturated rings. The molecule has 0 spiro atoms. The molecule has 0 bridgehead atoms. The van der Waals surface area contributed by atoms with Crippen molar-refractivity contribution in [1.82, 2.24) is 15.0 Å². The van der Waals surface area contributed by atoms with E-state index in [1.807, 2.05) is 0 Å². The Morgan fingerprint density at radius 1 is 0.897 bits per heavy atom. The first-order valence-corrected chi connectivity index (χ1v) is 11.5. The highest BCUT2D eigenvalue weighted by atomic mass is 19.2. The maximum Gasteiger partial charge on any atom is 0.261 e. The molecule has 8 nitrogen and oxygen atoms in total. The summed E-state index contributed by atoms with van der Waals surface area (Å²) in [6, 6.07) is 10.0. The van der Waals surface area contributed by atoms with E-state index in [1.54, 1.807) is 6.07 Å². The number of hydrogen-bond donors (Lipinski definition) is 2. The van der Waals surface area contributed by atoms with E-state index in [2.05, 4.69) is 20.3 Å². The summed E-state index contributed by atoms with van der Waals surface area (Å²) in [6.45, 7) is 1.49. The van der Waals surface area contributed by atoms with Crippen LogP contribution in [-0.4, -0.2) is 33.1 Å². The van der Waals surface area contributed by atoms with Gasteiger partial charge in [-0.05, 0) is 36.8 Å². The van der Waals surface area contributed by atoms with Gasteiger partial charge in [-0.2, -0.15) is 0 Å². The number of benzene rings is 2. The second-order valence-corrected chi connectivity index (χ2v) is 8.36. The van der Waals surface area contributed by atoms with E-state index in [1.165, 1.54) is 56.9 Å². The number of aryl methyl sites for hydroxylation is 1. The van der Waals surface area contributed by atoms with Crippen molar-refractivity contribution in [3.8, 4) is 34.1 Å². The number of hydrogen-bond acceptors (Lipinski definition) is 7. The molecule has 3 heterocycles. The summed E-state index contributed by atoms with van der Waals surface area (Å²) in [5.41, 5.74) is 1.07. The van der Waals surface area contributed by atoms with Gasteiger partial charge in [0.2, 0.25) is 0 Å². The summed E-state index contributed by atoms with van der Waals surface area (Å²) in [6.07, 6.45) is 4.22. The molecular weight excluding hydrogens is 513 g/mol. The van der Waals surface area contributed by atoms with E-state index < -0.39 is 29.1 Å². The largest absolute Gasteiger partial charge is 0.506 e. The van der Waals surface area contributed by atoms with Crippen LogP contribution < -0.4 is 14.8 Å². The topological polar surface area (TPSA) is 106 Å². The fourth-order valence-corrected chi connectivity index (χ4v) is 3.89. The number of rotatable bonds is 6. The van der Waals surface area contributed by atoms with Crippen LogP contribution in [-0.2, 0) is 0 Å². The van der Waals surface area contributed by atoms with Gasteiger partial charge in [0, 0.05) is 41.8 Å². The van der Waals surface area contributed by atoms with Gasteiger partial charge in [0.1, 0.15) is 22.6 Å². The fourth-order valence-electron chi connectivity index (χ4n) is 3.89. The molecule has 0 aliphatic heterocycles. The molecule has 0 atom stereocenters. The number of fused-ring (bicyclic) bond motifs is 1. The quantitative estimate of drug-likeness (QED) is 0.269. The Bertz CT molecular complexity index is 1750. The number of pyridine rings is 3. The molecule has 11 heteroatoms. The number of ether oxygens (including phenoxy) is 2. The van der Waals surface area contributed by atoms with Crippen molar-refractivity contribution in [2.24, 2.45) is 0 Å². The molecule has 0 saturated heterocycles. The molecule has 0 aliphatic carbocycles. The summed E-state index contributed by atoms with van der Waals surface area (Å²) < 4.78 is 52.9. The Morgan fingerprint density at radius 3 is 2.46 bits per heavy atom. The van der Waals surface area contributed by atoms with Crippen molar-refractivity contribution in [1.29, 1.82) is 0 Å². The summed E-state index contributed by atoms with van der Waals surface area (Å²) in [7, 11) is 1.50. The third-order valence-corrected chi connectivity index (χ3v) is 5.86. The standard InChI is InChI=1S/C28H19F3N4O4/c1-14-25(27(36)18(13-33-14)15-3-5-19(29)20(30)9-15)28(37)35-16-4-6-23(21(31)10-16)39-24-7-8-32-22-11-17(38-2)12-34-26(22)24/h3-13H,1-2H3,(H,33,36)(H,35,37). The van der Waals surface area contributed by atoms with Gasteiger partial charge in [-0.3, -0.25) is 14.8 Å². The van der Waals surface area contributed by atoms with Gasteiger partial charge in [0.15, 0.2) is 29.0 Å². The van der Waals surface area contributed by atoms with Crippen LogP contribution in [0.5, 0.6) is 23.0 Å². The Morgan fingerprint density at radius 2 is 1.72 bits per heavy atom. The van der Waals surface area contributed by atoms with Crippen LogP contribution in [0.1, 0.15) is 16.1 Å². The number of nitrogens with one attached hydrogen (secondary N) is 1. The number of anilines is 1. The molecule has 39 heavy (non-hydrogen) atoms. The third kappa shape index (κ3) is 5.01. The van der Waals surface area contributed by atoms with E-state index in [-0.39, 0.29) is 39.6 Å². The van der Waals surface area contributed by atoms with Gasteiger partial charge < -0.3 is 19.9 Å². The highest BCUT2D eigenvalue weighted by Gasteiger charge is 2.21. The number of methoxy groups -OCH3 is 1. The number of amides is 1. The van der Waals surface area contributed by atoms with E-state index >= 15 is 0 Å². The van der Waals surface area contributed by atoms with Crippen LogP contribution in [0, 0.1) is 24.4 Å². The maximum atomic E-state index is 15.0. The van der Waals surface area contributed by atoms with E-state index in [9.17, 15) is 23.1 Å². The number of carbonyl (C=O) groups excluding carboxylic acids is 1. The molecule has 0 saturated carbocycles. The summed E-state index contributed by atoms with van der Waals surface area (Å²) in [5, 5.41) is 13.3. The zero-order chi connectivity index (χ0) is 27.7. The normalized spacial score (nSPS) is 10.9. The number of aromatic hydroxyl groups is 1. The van der Waals surface area contributed by atoms with Gasteiger partial charge in [-0.25, -0.2) is 18.2 Å². The molecule has 196 valence electrons. The first kappa shape index (κ1) is 25.5. The molecular formula is C28H19F3N4O4. The number of nitrogens with zero attached hydrogens (tertiary/aromatic N) is 3. The van der Waals surface area contributed by atoms with Crippen molar-refractivity contribution in [2.45, 2.75) is 6.92 Å². The van der Waals surface area contributed by atoms with Gasteiger partial charge in [0.25, 0.3) is 5.91 Å². The lowest BCUT2D eigenvalue weighted by Crippen LogP contribution is -2.15. The Balaban J connectivity index is 1.39. The first-order chi connectivity index (χ1) is 18.7. The van der Waals surface area contributed by atoms with Gasteiger partial charge >= 0.3 is 0 Å². The minimum Gasteiger partial charge on any atom is -0.506 e. The number of halogens is 3. The Hall–Kier alpha value is -5.19. The highest BCUT2D eigenvalue weighted by Crippen LogP contribution is 2.35. The Labute approximate surface area is 219 Å². The van der Waals surface area contributed by atoms with Gasteiger partial charge in [-0.15, -0.1) is 0 Å². The van der Waals surface area contributed by atoms with E-state index in [0.29, 0.717) is 16.8 Å². The predicted molar refractivity (Wildman–Crippen MR) is 137 cm³/mol. The van der Waals surface area contributed by atoms with Gasteiger partial charge in [0.05, 0.1) is 24.5 Å². The fraction of sp³-hybridized carbons (Fsp3) is 0.0714. The number of carbonyl (C=O) groups is 1. The first-order valence-electron chi connectivity index (χ1n) is 11.5. The van der Waals surface area contributed by atoms with Crippen LogP contribution in [0.2, 0.25) is 0 Å².